The van der Waals surface area contributed by atoms with Crippen LogP contribution in [0.15, 0.2) is 36.4 Å². The Labute approximate surface area is 146 Å². The Hall–Kier alpha value is -1.29. The molecule has 0 bridgehead atoms. The molecular weight excluding hydrogens is 336 g/mol. The molecule has 2 nitrogen and oxygen atoms in total. The Morgan fingerprint density at radius 3 is 2.61 bits per heavy atom. The highest BCUT2D eigenvalue weighted by Gasteiger charge is 2.09. The number of benzene rings is 2. The van der Waals surface area contributed by atoms with Gasteiger partial charge in [-0.3, -0.25) is 0 Å². The number of rotatable bonds is 7. The molecule has 2 aromatic carbocycles. The Bertz CT molecular complexity index is 663. The number of hydrogen-bond donors (Lipinski definition) is 1. The molecule has 0 aliphatic rings. The largest absolute Gasteiger partial charge is 0.489 e. The lowest BCUT2D eigenvalue weighted by atomic mass is 10.1. The summed E-state index contributed by atoms with van der Waals surface area (Å²) in [6.07, 6.45) is 1.04. The van der Waals surface area contributed by atoms with E-state index in [0.29, 0.717) is 22.6 Å². The van der Waals surface area contributed by atoms with Gasteiger partial charge < -0.3 is 10.1 Å². The van der Waals surface area contributed by atoms with Crippen LogP contribution in [0.3, 0.4) is 0 Å². The fourth-order valence-corrected chi connectivity index (χ4v) is 2.47. The maximum absolute atomic E-state index is 13.1. The molecule has 0 unspecified atom stereocenters. The molecule has 1 atom stereocenters. The van der Waals surface area contributed by atoms with Gasteiger partial charge in [-0.2, -0.15) is 0 Å². The first-order chi connectivity index (χ1) is 11.0. The van der Waals surface area contributed by atoms with Crippen molar-refractivity contribution in [3.63, 3.8) is 0 Å². The third-order valence-electron chi connectivity index (χ3n) is 3.67. The molecule has 124 valence electrons. The average molecular weight is 356 g/mol. The molecule has 0 spiro atoms. The van der Waals surface area contributed by atoms with Gasteiger partial charge in [0.05, 0.1) is 5.02 Å². The quantitative estimate of drug-likeness (QED) is 0.697. The van der Waals surface area contributed by atoms with E-state index < -0.39 is 0 Å². The van der Waals surface area contributed by atoms with Crippen LogP contribution in [0, 0.1) is 5.82 Å². The zero-order valence-corrected chi connectivity index (χ0v) is 14.7. The van der Waals surface area contributed by atoms with Gasteiger partial charge in [-0.1, -0.05) is 36.2 Å². The van der Waals surface area contributed by atoms with Crippen molar-refractivity contribution >= 4 is 23.2 Å². The summed E-state index contributed by atoms with van der Waals surface area (Å²) in [4.78, 5) is 0. The molecule has 0 radical (unpaired) electrons. The molecule has 0 aliphatic carbocycles. The normalized spacial score (nSPS) is 12.2. The minimum atomic E-state index is -0.358. The molecule has 2 aromatic rings. The van der Waals surface area contributed by atoms with Crippen molar-refractivity contribution < 1.29 is 9.13 Å². The van der Waals surface area contributed by atoms with Gasteiger partial charge in [0, 0.05) is 28.7 Å². The number of nitrogens with one attached hydrogen (secondary N) is 1. The van der Waals surface area contributed by atoms with Crippen molar-refractivity contribution in [1.29, 1.82) is 0 Å². The van der Waals surface area contributed by atoms with E-state index in [9.17, 15) is 4.39 Å². The first kappa shape index (κ1) is 18.1. The van der Waals surface area contributed by atoms with Crippen LogP contribution in [0.25, 0.3) is 0 Å². The van der Waals surface area contributed by atoms with E-state index in [-0.39, 0.29) is 12.4 Å². The molecule has 1 N–H and O–H groups in total. The highest BCUT2D eigenvalue weighted by molar-refractivity contribution is 6.31. The van der Waals surface area contributed by atoms with Gasteiger partial charge >= 0.3 is 0 Å². The average Bonchev–Trinajstić information content (AvgIpc) is 2.53. The molecule has 0 amide bonds. The monoisotopic (exact) mass is 355 g/mol. The second kappa shape index (κ2) is 8.53. The van der Waals surface area contributed by atoms with Crippen molar-refractivity contribution in [1.82, 2.24) is 5.32 Å². The zero-order chi connectivity index (χ0) is 16.8. The summed E-state index contributed by atoms with van der Waals surface area (Å²) >= 11 is 12.1. The molecule has 5 heteroatoms. The fraction of sp³-hybridized carbons (Fsp3) is 0.333. The summed E-state index contributed by atoms with van der Waals surface area (Å²) in [6.45, 7) is 5.20. The van der Waals surface area contributed by atoms with Crippen LogP contribution in [-0.4, -0.2) is 6.04 Å². The number of hydrogen-bond acceptors (Lipinski definition) is 2. The van der Waals surface area contributed by atoms with Gasteiger partial charge in [0.2, 0.25) is 0 Å². The molecule has 0 aliphatic heterocycles. The zero-order valence-electron chi connectivity index (χ0n) is 13.2. The molecule has 0 heterocycles. The van der Waals surface area contributed by atoms with Crippen LogP contribution in [-0.2, 0) is 13.2 Å². The lowest BCUT2D eigenvalue weighted by molar-refractivity contribution is 0.301. The molecule has 2 rings (SSSR count). The first-order valence-electron chi connectivity index (χ1n) is 7.58. The maximum atomic E-state index is 13.1. The van der Waals surface area contributed by atoms with Crippen LogP contribution < -0.4 is 10.1 Å². The van der Waals surface area contributed by atoms with E-state index >= 15 is 0 Å². The van der Waals surface area contributed by atoms with E-state index in [1.165, 1.54) is 12.1 Å². The van der Waals surface area contributed by atoms with Crippen LogP contribution in [0.5, 0.6) is 5.75 Å². The predicted molar refractivity (Wildman–Crippen MR) is 93.8 cm³/mol. The van der Waals surface area contributed by atoms with Crippen molar-refractivity contribution in [2.75, 3.05) is 0 Å². The van der Waals surface area contributed by atoms with Crippen LogP contribution in [0.1, 0.15) is 31.4 Å². The molecule has 0 saturated heterocycles. The van der Waals surface area contributed by atoms with Gasteiger partial charge in [0.25, 0.3) is 0 Å². The minimum Gasteiger partial charge on any atom is -0.489 e. The van der Waals surface area contributed by atoms with Gasteiger partial charge in [0.15, 0.2) is 0 Å². The van der Waals surface area contributed by atoms with Crippen molar-refractivity contribution in [3.05, 3.63) is 63.4 Å². The van der Waals surface area contributed by atoms with Gasteiger partial charge in [-0.25, -0.2) is 4.39 Å². The summed E-state index contributed by atoms with van der Waals surface area (Å²) in [7, 11) is 0. The molecule has 23 heavy (non-hydrogen) atoms. The smallest absolute Gasteiger partial charge is 0.124 e. The van der Waals surface area contributed by atoms with Crippen molar-refractivity contribution in [2.24, 2.45) is 0 Å². The second-order valence-electron chi connectivity index (χ2n) is 5.47. The minimum absolute atomic E-state index is 0.275. The van der Waals surface area contributed by atoms with E-state index in [0.717, 1.165) is 23.3 Å². The number of halogens is 3. The van der Waals surface area contributed by atoms with Gasteiger partial charge in [-0.05, 0) is 43.7 Å². The standard InChI is InChI=1S/C18H20Cl2FNO/c1-3-12(2)22-10-14-8-15(19)5-7-18(14)23-11-13-4-6-16(21)9-17(13)20/h4-9,12,22H,3,10-11H2,1-2H3/t12-/m0/s1. The Balaban J connectivity index is 2.09. The Morgan fingerprint density at radius 2 is 1.91 bits per heavy atom. The van der Waals surface area contributed by atoms with Crippen LogP contribution in [0.4, 0.5) is 4.39 Å². The second-order valence-corrected chi connectivity index (χ2v) is 6.31. The third kappa shape index (κ3) is 5.38. The SMILES string of the molecule is CC[C@H](C)NCc1cc(Cl)ccc1OCc1ccc(F)cc1Cl. The summed E-state index contributed by atoms with van der Waals surface area (Å²) < 4.78 is 18.9. The lowest BCUT2D eigenvalue weighted by Gasteiger charge is -2.16. The Morgan fingerprint density at radius 1 is 1.13 bits per heavy atom. The summed E-state index contributed by atoms with van der Waals surface area (Å²) in [6, 6.07) is 10.2. The summed E-state index contributed by atoms with van der Waals surface area (Å²) in [5.41, 5.74) is 1.72. The first-order valence-corrected chi connectivity index (χ1v) is 8.33. The summed E-state index contributed by atoms with van der Waals surface area (Å²) in [5, 5.41) is 4.44. The lowest BCUT2D eigenvalue weighted by Crippen LogP contribution is -2.24. The summed E-state index contributed by atoms with van der Waals surface area (Å²) in [5.74, 6) is 0.384. The van der Waals surface area contributed by atoms with E-state index in [1.807, 2.05) is 12.1 Å². The van der Waals surface area contributed by atoms with Gasteiger partial charge in [0.1, 0.15) is 18.2 Å². The fourth-order valence-electron chi connectivity index (χ4n) is 2.05. The maximum Gasteiger partial charge on any atom is 0.124 e. The highest BCUT2D eigenvalue weighted by atomic mass is 35.5. The molecular formula is C18H20Cl2FNO. The van der Waals surface area contributed by atoms with E-state index in [4.69, 9.17) is 27.9 Å². The molecule has 0 saturated carbocycles. The van der Waals surface area contributed by atoms with E-state index in [1.54, 1.807) is 12.1 Å². The van der Waals surface area contributed by atoms with Crippen LogP contribution in [0.2, 0.25) is 10.0 Å². The third-order valence-corrected chi connectivity index (χ3v) is 4.26. The van der Waals surface area contributed by atoms with Crippen molar-refractivity contribution in [3.8, 4) is 5.75 Å². The van der Waals surface area contributed by atoms with Gasteiger partial charge in [-0.15, -0.1) is 0 Å². The molecule has 0 aromatic heterocycles. The van der Waals surface area contributed by atoms with E-state index in [2.05, 4.69) is 19.2 Å². The van der Waals surface area contributed by atoms with Crippen LogP contribution >= 0.6 is 23.2 Å². The predicted octanol–water partition coefficient (Wildman–Crippen LogP) is 5.60. The topological polar surface area (TPSA) is 21.3 Å². The Kier molecular flexibility index (Phi) is 6.70. The molecule has 0 fully saturated rings. The number of ether oxygens (including phenoxy) is 1. The highest BCUT2D eigenvalue weighted by Crippen LogP contribution is 2.25. The van der Waals surface area contributed by atoms with Crippen molar-refractivity contribution in [2.45, 2.75) is 39.5 Å².